The number of nitrogens with zero attached hydrogens (tertiary/aromatic N) is 1. The van der Waals surface area contributed by atoms with Crippen molar-refractivity contribution in [1.82, 2.24) is 5.32 Å². The molecule has 0 saturated carbocycles. The maximum Gasteiger partial charge on any atom is 0.272 e. The topological polar surface area (TPSA) is 55.2 Å². The number of rotatable bonds is 8. The second kappa shape index (κ2) is 8.11. The standard InChI is InChI=1S/C13H20N2O2S/c1-3-18-10-11(2)14-9-8-12-6-4-5-7-13(12)15(16)17/h4-7,11,14H,3,8-10H2,1-2H3. The van der Waals surface area contributed by atoms with E-state index in [0.717, 1.165) is 23.6 Å². The minimum absolute atomic E-state index is 0.217. The predicted molar refractivity (Wildman–Crippen MR) is 77.3 cm³/mol. The first-order chi connectivity index (χ1) is 8.65. The van der Waals surface area contributed by atoms with E-state index in [2.05, 4.69) is 19.2 Å². The summed E-state index contributed by atoms with van der Waals surface area (Å²) in [6.07, 6.45) is 0.693. The van der Waals surface area contributed by atoms with Gasteiger partial charge in [-0.15, -0.1) is 0 Å². The van der Waals surface area contributed by atoms with Crippen LogP contribution >= 0.6 is 11.8 Å². The van der Waals surface area contributed by atoms with Crippen molar-refractivity contribution in [3.8, 4) is 0 Å². The normalized spacial score (nSPS) is 12.3. The highest BCUT2D eigenvalue weighted by Gasteiger charge is 2.11. The Bertz CT molecular complexity index is 385. The number of hydrogen-bond acceptors (Lipinski definition) is 4. The zero-order valence-corrected chi connectivity index (χ0v) is 11.7. The summed E-state index contributed by atoms with van der Waals surface area (Å²) in [5, 5.41) is 14.2. The van der Waals surface area contributed by atoms with Crippen molar-refractivity contribution in [3.05, 3.63) is 39.9 Å². The first-order valence-corrected chi connectivity index (χ1v) is 7.34. The third-order valence-electron chi connectivity index (χ3n) is 2.65. The van der Waals surface area contributed by atoms with Crippen molar-refractivity contribution in [2.75, 3.05) is 18.1 Å². The lowest BCUT2D eigenvalue weighted by atomic mass is 10.1. The number of hydrogen-bond donors (Lipinski definition) is 1. The molecular weight excluding hydrogens is 248 g/mol. The number of nitro benzene ring substituents is 1. The molecule has 5 heteroatoms. The zero-order chi connectivity index (χ0) is 13.4. The Labute approximate surface area is 112 Å². The molecule has 1 N–H and O–H groups in total. The molecule has 0 spiro atoms. The molecule has 1 rings (SSSR count). The molecule has 0 amide bonds. The smallest absolute Gasteiger partial charge is 0.272 e. The summed E-state index contributed by atoms with van der Waals surface area (Å²) < 4.78 is 0. The van der Waals surface area contributed by atoms with Gasteiger partial charge in [-0.05, 0) is 25.6 Å². The number of para-hydroxylation sites is 1. The maximum absolute atomic E-state index is 10.8. The van der Waals surface area contributed by atoms with Crippen molar-refractivity contribution in [2.24, 2.45) is 0 Å². The van der Waals surface area contributed by atoms with Crippen LogP contribution in [0.2, 0.25) is 0 Å². The molecule has 0 aromatic heterocycles. The lowest BCUT2D eigenvalue weighted by Crippen LogP contribution is -2.30. The molecule has 100 valence electrons. The van der Waals surface area contributed by atoms with E-state index in [1.807, 2.05) is 23.9 Å². The number of thioether (sulfide) groups is 1. The molecule has 0 radical (unpaired) electrons. The van der Waals surface area contributed by atoms with Crippen LogP contribution in [0.25, 0.3) is 0 Å². The van der Waals surface area contributed by atoms with Crippen molar-refractivity contribution < 1.29 is 4.92 Å². The average molecular weight is 268 g/mol. The molecule has 0 aliphatic carbocycles. The van der Waals surface area contributed by atoms with Gasteiger partial charge in [0.15, 0.2) is 0 Å². The van der Waals surface area contributed by atoms with Crippen LogP contribution in [0.1, 0.15) is 19.4 Å². The van der Waals surface area contributed by atoms with Gasteiger partial charge in [0, 0.05) is 23.4 Å². The van der Waals surface area contributed by atoms with Gasteiger partial charge in [-0.1, -0.05) is 25.1 Å². The first kappa shape index (κ1) is 15.0. The molecule has 0 heterocycles. The van der Waals surface area contributed by atoms with Crippen LogP contribution in [0.4, 0.5) is 5.69 Å². The van der Waals surface area contributed by atoms with Crippen LogP contribution in [0.3, 0.4) is 0 Å². The summed E-state index contributed by atoms with van der Waals surface area (Å²) in [4.78, 5) is 10.5. The summed E-state index contributed by atoms with van der Waals surface area (Å²) >= 11 is 1.90. The maximum atomic E-state index is 10.8. The molecule has 0 bridgehead atoms. The fourth-order valence-corrected chi connectivity index (χ4v) is 2.41. The van der Waals surface area contributed by atoms with Crippen LogP contribution in [0.5, 0.6) is 0 Å². The van der Waals surface area contributed by atoms with Crippen LogP contribution in [0, 0.1) is 10.1 Å². The molecule has 1 aromatic rings. The number of benzene rings is 1. The Morgan fingerprint density at radius 3 is 2.83 bits per heavy atom. The van der Waals surface area contributed by atoms with Gasteiger partial charge >= 0.3 is 0 Å². The predicted octanol–water partition coefficient (Wildman–Crippen LogP) is 2.87. The summed E-state index contributed by atoms with van der Waals surface area (Å²) in [5.41, 5.74) is 1.01. The highest BCUT2D eigenvalue weighted by atomic mass is 32.2. The molecule has 0 aliphatic rings. The van der Waals surface area contributed by atoms with Gasteiger partial charge in [-0.2, -0.15) is 11.8 Å². The molecule has 0 aliphatic heterocycles. The van der Waals surface area contributed by atoms with E-state index in [4.69, 9.17) is 0 Å². The van der Waals surface area contributed by atoms with Crippen molar-refractivity contribution in [3.63, 3.8) is 0 Å². The van der Waals surface area contributed by atoms with E-state index in [-0.39, 0.29) is 10.6 Å². The van der Waals surface area contributed by atoms with Crippen molar-refractivity contribution in [1.29, 1.82) is 0 Å². The lowest BCUT2D eigenvalue weighted by Gasteiger charge is -2.12. The second-order valence-corrected chi connectivity index (χ2v) is 5.47. The molecule has 4 nitrogen and oxygen atoms in total. The zero-order valence-electron chi connectivity index (χ0n) is 10.9. The Balaban J connectivity index is 2.41. The first-order valence-electron chi connectivity index (χ1n) is 6.18. The monoisotopic (exact) mass is 268 g/mol. The third-order valence-corrected chi connectivity index (χ3v) is 3.79. The second-order valence-electron chi connectivity index (χ2n) is 4.15. The van der Waals surface area contributed by atoms with E-state index in [1.54, 1.807) is 12.1 Å². The van der Waals surface area contributed by atoms with E-state index in [1.165, 1.54) is 0 Å². The number of nitrogens with one attached hydrogen (secondary N) is 1. The Kier molecular flexibility index (Phi) is 6.75. The lowest BCUT2D eigenvalue weighted by molar-refractivity contribution is -0.385. The van der Waals surface area contributed by atoms with Gasteiger partial charge in [0.25, 0.3) is 5.69 Å². The Morgan fingerprint density at radius 1 is 1.44 bits per heavy atom. The molecule has 18 heavy (non-hydrogen) atoms. The van der Waals surface area contributed by atoms with Gasteiger partial charge in [0.05, 0.1) is 4.92 Å². The summed E-state index contributed by atoms with van der Waals surface area (Å²) in [6.45, 7) is 5.06. The summed E-state index contributed by atoms with van der Waals surface area (Å²) in [7, 11) is 0. The number of nitro groups is 1. The molecular formula is C13H20N2O2S. The Morgan fingerprint density at radius 2 is 2.17 bits per heavy atom. The van der Waals surface area contributed by atoms with Crippen LogP contribution in [0.15, 0.2) is 24.3 Å². The third kappa shape index (κ3) is 5.06. The molecule has 0 saturated heterocycles. The van der Waals surface area contributed by atoms with Gasteiger partial charge in [-0.3, -0.25) is 10.1 Å². The van der Waals surface area contributed by atoms with Crippen molar-refractivity contribution in [2.45, 2.75) is 26.3 Å². The minimum atomic E-state index is -0.314. The minimum Gasteiger partial charge on any atom is -0.313 e. The van der Waals surface area contributed by atoms with Crippen LogP contribution in [-0.2, 0) is 6.42 Å². The van der Waals surface area contributed by atoms with E-state index < -0.39 is 0 Å². The highest BCUT2D eigenvalue weighted by molar-refractivity contribution is 7.99. The van der Waals surface area contributed by atoms with Gasteiger partial charge in [0.1, 0.15) is 0 Å². The fraction of sp³-hybridized carbons (Fsp3) is 0.538. The fourth-order valence-electron chi connectivity index (χ4n) is 1.71. The Hall–Kier alpha value is -1.07. The van der Waals surface area contributed by atoms with Gasteiger partial charge in [0.2, 0.25) is 0 Å². The largest absolute Gasteiger partial charge is 0.313 e. The van der Waals surface area contributed by atoms with Gasteiger partial charge < -0.3 is 5.32 Å². The molecule has 1 atom stereocenters. The molecule has 1 unspecified atom stereocenters. The van der Waals surface area contributed by atoms with E-state index in [9.17, 15) is 10.1 Å². The average Bonchev–Trinajstić information content (AvgIpc) is 2.36. The highest BCUT2D eigenvalue weighted by Crippen LogP contribution is 2.17. The van der Waals surface area contributed by atoms with Crippen molar-refractivity contribution >= 4 is 17.4 Å². The van der Waals surface area contributed by atoms with E-state index >= 15 is 0 Å². The molecule has 0 fully saturated rings. The molecule has 1 aromatic carbocycles. The van der Waals surface area contributed by atoms with Crippen LogP contribution < -0.4 is 5.32 Å². The summed E-state index contributed by atoms with van der Waals surface area (Å²) in [5.74, 6) is 2.20. The quantitative estimate of drug-likeness (QED) is 0.582. The van der Waals surface area contributed by atoms with E-state index in [0.29, 0.717) is 12.5 Å². The summed E-state index contributed by atoms with van der Waals surface area (Å²) in [6, 6.07) is 7.38. The van der Waals surface area contributed by atoms with Crippen LogP contribution in [-0.4, -0.2) is 29.0 Å². The van der Waals surface area contributed by atoms with Gasteiger partial charge in [-0.25, -0.2) is 0 Å². The SMILES string of the molecule is CCSCC(C)NCCc1ccccc1[N+](=O)[O-].